The molecular weight excluding hydrogens is 448 g/mol. The van der Waals surface area contributed by atoms with Gasteiger partial charge in [-0.3, -0.25) is 10.1 Å². The minimum atomic E-state index is -1.36. The zero-order valence-corrected chi connectivity index (χ0v) is 16.7. The zero-order chi connectivity index (χ0) is 23.3. The number of hydrogen-bond acceptors (Lipinski definition) is 9. The number of benzene rings is 2. The molecule has 0 radical (unpaired) electrons. The maximum atomic E-state index is 12.3. The highest BCUT2D eigenvalue weighted by molar-refractivity contribution is 6.30. The first kappa shape index (κ1) is 23.0. The topological polar surface area (TPSA) is 189 Å². The summed E-state index contributed by atoms with van der Waals surface area (Å²) in [6.45, 7) is 0. The molecule has 166 valence electrons. The third kappa shape index (κ3) is 5.71. The van der Waals surface area contributed by atoms with Gasteiger partial charge in [0.05, 0.1) is 17.4 Å². The lowest BCUT2D eigenvalue weighted by atomic mass is 10.1. The van der Waals surface area contributed by atoms with Crippen molar-refractivity contribution in [2.24, 2.45) is 0 Å². The highest BCUT2D eigenvalue weighted by atomic mass is 35.5. The van der Waals surface area contributed by atoms with E-state index >= 15 is 0 Å². The van der Waals surface area contributed by atoms with Crippen LogP contribution in [0.2, 0.25) is 5.02 Å². The van der Waals surface area contributed by atoms with Gasteiger partial charge in [0.2, 0.25) is 5.69 Å². The Kier molecular flexibility index (Phi) is 7.24. The minimum Gasteiger partial charge on any atom is -0.595 e. The molecule has 3 amide bonds. The molecule has 1 aromatic heterocycles. The molecular formula is C18H15ClN6O7. The van der Waals surface area contributed by atoms with Crippen LogP contribution in [0.15, 0.2) is 54.9 Å². The summed E-state index contributed by atoms with van der Waals surface area (Å²) in [4.78, 5) is 32.0. The Hall–Kier alpha value is -3.69. The Labute approximate surface area is 184 Å². The van der Waals surface area contributed by atoms with E-state index in [4.69, 9.17) is 21.5 Å². The van der Waals surface area contributed by atoms with E-state index in [1.165, 1.54) is 48.8 Å². The number of imide groups is 1. The average Bonchev–Trinajstić information content (AvgIpc) is 2.76. The van der Waals surface area contributed by atoms with E-state index in [0.29, 0.717) is 0 Å². The number of rotatable bonds is 6. The number of quaternary nitrogens is 2. The van der Waals surface area contributed by atoms with Crippen LogP contribution in [-0.2, 0) is 0 Å². The average molecular weight is 463 g/mol. The molecule has 0 spiro atoms. The molecule has 0 aliphatic heterocycles. The lowest BCUT2D eigenvalue weighted by Crippen LogP contribution is -2.99. The number of nitrogens with one attached hydrogen (secondary N) is 4. The van der Waals surface area contributed by atoms with E-state index in [0.717, 1.165) is 6.07 Å². The quantitative estimate of drug-likeness (QED) is 0.286. The summed E-state index contributed by atoms with van der Waals surface area (Å²) in [5, 5.41) is 43.3. The van der Waals surface area contributed by atoms with Crippen LogP contribution in [-0.4, -0.2) is 32.3 Å². The highest BCUT2D eigenvalue weighted by Crippen LogP contribution is 2.28. The number of urea groups is 1. The van der Waals surface area contributed by atoms with Crippen molar-refractivity contribution in [2.45, 2.75) is 0 Å². The fourth-order valence-corrected chi connectivity index (χ4v) is 2.61. The van der Waals surface area contributed by atoms with Gasteiger partial charge >= 0.3 is 12.0 Å². The summed E-state index contributed by atoms with van der Waals surface area (Å²) in [5.74, 6) is -1.05. The van der Waals surface area contributed by atoms with Crippen LogP contribution >= 0.6 is 11.6 Å². The maximum absolute atomic E-state index is 12.3. The molecule has 2 aromatic carbocycles. The molecule has 2 atom stereocenters. The Morgan fingerprint density at radius 3 is 2.31 bits per heavy atom. The monoisotopic (exact) mass is 462 g/mol. The number of nitrogens with zero attached hydrogens (tertiary/aromatic N) is 2. The number of carbonyl (C=O) groups is 2. The van der Waals surface area contributed by atoms with Crippen molar-refractivity contribution in [3.63, 3.8) is 0 Å². The molecule has 2 unspecified atom stereocenters. The first-order chi connectivity index (χ1) is 15.2. The zero-order valence-electron chi connectivity index (χ0n) is 15.9. The standard InChI is InChI=1S/C18H15ClN6O7/c19-10-8-20-18(21-9-10)32-15-6-5-11(7-14(15)25(30)31)22-17(27)23-16(26)12-3-1-2-4-13(12)24(28)29/h1-9,24-25,28,30H,(H2,22,23,26,27). The van der Waals surface area contributed by atoms with Crippen molar-refractivity contribution in [1.82, 2.24) is 15.3 Å². The number of aromatic nitrogens is 2. The Balaban J connectivity index is 1.73. The third-order valence-corrected chi connectivity index (χ3v) is 4.09. The van der Waals surface area contributed by atoms with Gasteiger partial charge in [-0.25, -0.2) is 25.2 Å². The van der Waals surface area contributed by atoms with Gasteiger partial charge < -0.3 is 20.5 Å². The number of para-hydroxylation sites is 1. The molecule has 0 aliphatic carbocycles. The predicted molar refractivity (Wildman–Crippen MR) is 108 cm³/mol. The van der Waals surface area contributed by atoms with E-state index in [9.17, 15) is 25.2 Å². The van der Waals surface area contributed by atoms with Gasteiger partial charge in [0, 0.05) is 17.8 Å². The van der Waals surface area contributed by atoms with Crippen molar-refractivity contribution < 1.29 is 35.2 Å². The fourth-order valence-electron chi connectivity index (χ4n) is 2.52. The number of amides is 3. The summed E-state index contributed by atoms with van der Waals surface area (Å²) in [6.07, 6.45) is 2.54. The molecule has 0 saturated carbocycles. The first-order valence-electron chi connectivity index (χ1n) is 8.72. The molecule has 1 heterocycles. The molecule has 3 aromatic rings. The van der Waals surface area contributed by atoms with E-state index in [1.54, 1.807) is 0 Å². The van der Waals surface area contributed by atoms with Crippen molar-refractivity contribution in [3.05, 3.63) is 75.9 Å². The van der Waals surface area contributed by atoms with Gasteiger partial charge in [-0.15, -0.1) is 0 Å². The molecule has 3 rings (SSSR count). The van der Waals surface area contributed by atoms with Crippen LogP contribution in [0.3, 0.4) is 0 Å². The number of anilines is 1. The van der Waals surface area contributed by atoms with Crippen LogP contribution in [0.1, 0.15) is 10.4 Å². The molecule has 0 bridgehead atoms. The number of carbonyl (C=O) groups excluding carboxylic acids is 2. The Bertz CT molecular complexity index is 1130. The normalized spacial score (nSPS) is 12.5. The Morgan fingerprint density at radius 1 is 1.00 bits per heavy atom. The smallest absolute Gasteiger partial charge is 0.326 e. The summed E-state index contributed by atoms with van der Waals surface area (Å²) < 4.78 is 5.34. The highest BCUT2D eigenvalue weighted by Gasteiger charge is 2.19. The second kappa shape index (κ2) is 10.1. The third-order valence-electron chi connectivity index (χ3n) is 3.89. The van der Waals surface area contributed by atoms with Gasteiger partial charge in [-0.05, 0) is 18.2 Å². The van der Waals surface area contributed by atoms with Gasteiger partial charge in [-0.2, -0.15) is 10.5 Å². The fraction of sp³-hybridized carbons (Fsp3) is 0. The molecule has 0 aliphatic rings. The lowest BCUT2D eigenvalue weighted by Gasteiger charge is -2.17. The molecule has 6 N–H and O–H groups in total. The molecule has 0 saturated heterocycles. The molecule has 32 heavy (non-hydrogen) atoms. The van der Waals surface area contributed by atoms with Crippen molar-refractivity contribution >= 4 is 40.6 Å². The summed E-state index contributed by atoms with van der Waals surface area (Å²) in [5.41, 5.74) is -0.780. The Morgan fingerprint density at radius 2 is 1.66 bits per heavy atom. The largest absolute Gasteiger partial charge is 0.595 e. The maximum Gasteiger partial charge on any atom is 0.326 e. The minimum absolute atomic E-state index is 0.0311. The van der Waals surface area contributed by atoms with Crippen molar-refractivity contribution in [3.8, 4) is 11.8 Å². The first-order valence-corrected chi connectivity index (χ1v) is 9.10. The predicted octanol–water partition coefficient (Wildman–Crippen LogP) is 0.691. The molecule has 13 nitrogen and oxygen atoms in total. The van der Waals surface area contributed by atoms with E-state index in [1.807, 2.05) is 5.32 Å². The number of hydrogen-bond donors (Lipinski definition) is 6. The van der Waals surface area contributed by atoms with Crippen LogP contribution in [0.5, 0.6) is 11.8 Å². The lowest BCUT2D eigenvalue weighted by molar-refractivity contribution is -0.991. The van der Waals surface area contributed by atoms with Gasteiger partial charge in [0.25, 0.3) is 5.91 Å². The van der Waals surface area contributed by atoms with Gasteiger partial charge in [-0.1, -0.05) is 23.7 Å². The van der Waals surface area contributed by atoms with Gasteiger partial charge in [0.1, 0.15) is 5.56 Å². The van der Waals surface area contributed by atoms with Crippen molar-refractivity contribution in [2.75, 3.05) is 5.32 Å². The second-order valence-corrected chi connectivity index (χ2v) is 6.50. The van der Waals surface area contributed by atoms with Gasteiger partial charge in [0.15, 0.2) is 11.4 Å². The van der Waals surface area contributed by atoms with E-state index in [2.05, 4.69) is 15.3 Å². The SMILES string of the molecule is O=C(NC(=O)c1ccccc1[NH+]([O-])O)Nc1ccc(Oc2ncc(Cl)cn2)c([NH+]([O-])O)c1. The van der Waals surface area contributed by atoms with Crippen LogP contribution < -0.4 is 25.8 Å². The van der Waals surface area contributed by atoms with Crippen molar-refractivity contribution in [1.29, 1.82) is 0 Å². The van der Waals surface area contributed by atoms with Crippen LogP contribution in [0, 0.1) is 10.4 Å². The number of ether oxygens (including phenoxy) is 1. The summed E-state index contributed by atoms with van der Waals surface area (Å²) in [6, 6.07) is 7.90. The summed E-state index contributed by atoms with van der Waals surface area (Å²) in [7, 11) is 0. The van der Waals surface area contributed by atoms with Crippen LogP contribution in [0.4, 0.5) is 21.9 Å². The number of halogens is 1. The van der Waals surface area contributed by atoms with E-state index < -0.39 is 22.4 Å². The summed E-state index contributed by atoms with van der Waals surface area (Å²) >= 11 is 5.69. The second-order valence-electron chi connectivity index (χ2n) is 6.06. The van der Waals surface area contributed by atoms with Crippen LogP contribution in [0.25, 0.3) is 0 Å². The van der Waals surface area contributed by atoms with E-state index in [-0.39, 0.29) is 39.4 Å². The molecule has 14 heteroatoms. The molecule has 0 fully saturated rings.